The summed E-state index contributed by atoms with van der Waals surface area (Å²) >= 11 is 0. The summed E-state index contributed by atoms with van der Waals surface area (Å²) in [5, 5.41) is 10.6. The summed E-state index contributed by atoms with van der Waals surface area (Å²) in [6.45, 7) is 11.4. The molecule has 4 rings (SSSR count). The van der Waals surface area contributed by atoms with Crippen LogP contribution in [-0.2, 0) is 26.2 Å². The van der Waals surface area contributed by atoms with E-state index < -0.39 is 0 Å². The highest BCUT2D eigenvalue weighted by molar-refractivity contribution is 5.80. The van der Waals surface area contributed by atoms with E-state index >= 15 is 0 Å². The number of hydrogen-bond donors (Lipinski definition) is 1. The molecule has 31 heavy (non-hydrogen) atoms. The Morgan fingerprint density at radius 1 is 1.10 bits per heavy atom. The number of carbonyl (C=O) groups excluding carboxylic acids is 2. The largest absolute Gasteiger partial charge is 0.508 e. The first-order valence-corrected chi connectivity index (χ1v) is 11.9. The molecule has 1 aromatic carbocycles. The first-order chi connectivity index (χ1) is 14.6. The smallest absolute Gasteiger partial charge is 0.309 e. The second kappa shape index (κ2) is 7.83. The first-order valence-electron chi connectivity index (χ1n) is 11.9. The van der Waals surface area contributed by atoms with Crippen LogP contribution >= 0.6 is 0 Å². The zero-order valence-electron chi connectivity index (χ0n) is 19.6. The molecule has 2 fully saturated rings. The van der Waals surface area contributed by atoms with Crippen LogP contribution in [0.3, 0.4) is 0 Å². The summed E-state index contributed by atoms with van der Waals surface area (Å²) in [6.07, 6.45) is 4.46. The van der Waals surface area contributed by atoms with Crippen LogP contribution < -0.4 is 0 Å². The topological polar surface area (TPSA) is 66.8 Å². The summed E-state index contributed by atoms with van der Waals surface area (Å²) in [4.78, 5) is 28.0. The van der Waals surface area contributed by atoms with E-state index in [0.717, 1.165) is 44.2 Å². The SMILES string of the molecule is CC(C)OC(=O)C1CCC(C(=O)N2CC[C@@]3(C)c4cccc(O)c4C[C@@H]2C3(C)C)CC1. The molecule has 1 aromatic rings. The van der Waals surface area contributed by atoms with E-state index in [1.165, 1.54) is 5.56 Å². The predicted molar refractivity (Wildman–Crippen MR) is 120 cm³/mol. The first kappa shape index (κ1) is 22.2. The monoisotopic (exact) mass is 427 g/mol. The molecule has 170 valence electrons. The molecule has 1 heterocycles. The highest BCUT2D eigenvalue weighted by Crippen LogP contribution is 2.57. The molecular weight excluding hydrogens is 390 g/mol. The molecule has 0 spiro atoms. The van der Waals surface area contributed by atoms with Gasteiger partial charge < -0.3 is 14.7 Å². The lowest BCUT2D eigenvalue weighted by Crippen LogP contribution is -2.65. The predicted octanol–water partition coefficient (Wildman–Crippen LogP) is 4.59. The zero-order chi connectivity index (χ0) is 22.6. The molecule has 2 atom stereocenters. The van der Waals surface area contributed by atoms with E-state index in [2.05, 4.69) is 31.7 Å². The number of phenolic OH excluding ortho intramolecular Hbond substituents is 1. The van der Waals surface area contributed by atoms with Crippen LogP contribution in [0.25, 0.3) is 0 Å². The van der Waals surface area contributed by atoms with Gasteiger partial charge in [0.15, 0.2) is 0 Å². The van der Waals surface area contributed by atoms with Crippen LogP contribution in [0.2, 0.25) is 0 Å². The van der Waals surface area contributed by atoms with Gasteiger partial charge in [0, 0.05) is 23.9 Å². The zero-order valence-corrected chi connectivity index (χ0v) is 19.6. The average Bonchev–Trinajstić information content (AvgIpc) is 2.70. The van der Waals surface area contributed by atoms with Gasteiger partial charge in [-0.1, -0.05) is 32.9 Å². The van der Waals surface area contributed by atoms with Crippen molar-refractivity contribution in [2.24, 2.45) is 17.3 Å². The van der Waals surface area contributed by atoms with Gasteiger partial charge in [-0.25, -0.2) is 0 Å². The summed E-state index contributed by atoms with van der Waals surface area (Å²) in [7, 11) is 0. The summed E-state index contributed by atoms with van der Waals surface area (Å²) in [6, 6.07) is 5.93. The number of hydrogen-bond acceptors (Lipinski definition) is 4. The number of fused-ring (bicyclic) bond motifs is 4. The van der Waals surface area contributed by atoms with Crippen molar-refractivity contribution >= 4 is 11.9 Å². The molecular formula is C26H37NO4. The van der Waals surface area contributed by atoms with Crippen molar-refractivity contribution in [3.05, 3.63) is 29.3 Å². The normalized spacial score (nSPS) is 31.8. The van der Waals surface area contributed by atoms with Crippen molar-refractivity contribution in [2.75, 3.05) is 6.54 Å². The molecule has 3 aliphatic rings. The number of nitrogens with zero attached hydrogens (tertiary/aromatic N) is 1. The Kier molecular flexibility index (Phi) is 5.60. The van der Waals surface area contributed by atoms with Gasteiger partial charge in [0.2, 0.25) is 5.91 Å². The molecule has 0 radical (unpaired) electrons. The van der Waals surface area contributed by atoms with Crippen LogP contribution in [0, 0.1) is 17.3 Å². The van der Waals surface area contributed by atoms with E-state index in [1.807, 2.05) is 19.9 Å². The van der Waals surface area contributed by atoms with Gasteiger partial charge in [0.05, 0.1) is 12.0 Å². The summed E-state index contributed by atoms with van der Waals surface area (Å²) < 4.78 is 5.38. The van der Waals surface area contributed by atoms with Crippen molar-refractivity contribution in [3.8, 4) is 5.75 Å². The van der Waals surface area contributed by atoms with Crippen molar-refractivity contribution in [1.29, 1.82) is 0 Å². The van der Waals surface area contributed by atoms with Crippen LogP contribution in [0.15, 0.2) is 18.2 Å². The summed E-state index contributed by atoms with van der Waals surface area (Å²) in [5.41, 5.74) is 2.09. The number of piperidine rings is 1. The number of benzene rings is 1. The number of likely N-dealkylation sites (tertiary alicyclic amines) is 1. The molecule has 2 aliphatic carbocycles. The Labute approximate surface area is 186 Å². The minimum absolute atomic E-state index is 0.0194. The van der Waals surface area contributed by atoms with Gasteiger partial charge in [-0.05, 0) is 75.0 Å². The molecule has 1 saturated carbocycles. The fourth-order valence-corrected chi connectivity index (χ4v) is 6.33. The number of amides is 1. The van der Waals surface area contributed by atoms with Gasteiger partial charge in [0.1, 0.15) is 5.75 Å². The molecule has 1 aliphatic heterocycles. The number of phenols is 1. The highest BCUT2D eigenvalue weighted by Gasteiger charge is 2.57. The maximum absolute atomic E-state index is 13.6. The average molecular weight is 428 g/mol. The standard InChI is InChI=1S/C26H37NO4/c1-16(2)31-24(30)18-11-9-17(10-12-18)23(29)27-14-13-26(5)20-7-6-8-21(28)19(20)15-22(27)25(26,3)4/h6-8,16-18,22,28H,9-15H2,1-5H3/t17?,18?,22-,26+/m1/s1. The van der Waals surface area contributed by atoms with E-state index in [-0.39, 0.29) is 46.7 Å². The molecule has 0 aromatic heterocycles. The Morgan fingerprint density at radius 2 is 1.74 bits per heavy atom. The van der Waals surface area contributed by atoms with E-state index in [1.54, 1.807) is 6.07 Å². The Morgan fingerprint density at radius 3 is 2.39 bits per heavy atom. The number of carbonyl (C=O) groups is 2. The third kappa shape index (κ3) is 3.54. The molecule has 2 bridgehead atoms. The second-order valence-corrected chi connectivity index (χ2v) is 10.9. The van der Waals surface area contributed by atoms with Crippen molar-refractivity contribution in [1.82, 2.24) is 4.90 Å². The third-order valence-electron chi connectivity index (χ3n) is 8.67. The molecule has 0 unspecified atom stereocenters. The molecule has 5 nitrogen and oxygen atoms in total. The van der Waals surface area contributed by atoms with Gasteiger partial charge in [-0.2, -0.15) is 0 Å². The third-order valence-corrected chi connectivity index (χ3v) is 8.67. The van der Waals surface area contributed by atoms with Crippen molar-refractivity contribution < 1.29 is 19.4 Å². The highest BCUT2D eigenvalue weighted by atomic mass is 16.5. The number of ether oxygens (including phenoxy) is 1. The minimum Gasteiger partial charge on any atom is -0.508 e. The fraction of sp³-hybridized carbons (Fsp3) is 0.692. The molecule has 1 N–H and O–H groups in total. The van der Waals surface area contributed by atoms with Crippen LogP contribution in [0.5, 0.6) is 5.75 Å². The number of rotatable bonds is 3. The summed E-state index contributed by atoms with van der Waals surface area (Å²) in [5.74, 6) is 0.368. The Bertz CT molecular complexity index is 868. The minimum atomic E-state index is -0.116. The lowest BCUT2D eigenvalue weighted by atomic mass is 9.51. The molecule has 5 heteroatoms. The Hall–Kier alpha value is -2.04. The number of aromatic hydroxyl groups is 1. The van der Waals surface area contributed by atoms with Crippen LogP contribution in [-0.4, -0.2) is 40.6 Å². The van der Waals surface area contributed by atoms with Gasteiger partial charge >= 0.3 is 5.97 Å². The van der Waals surface area contributed by atoms with Gasteiger partial charge in [0.25, 0.3) is 0 Å². The van der Waals surface area contributed by atoms with Crippen LogP contribution in [0.4, 0.5) is 0 Å². The maximum atomic E-state index is 13.6. The quantitative estimate of drug-likeness (QED) is 0.717. The molecule has 1 saturated heterocycles. The molecule has 1 amide bonds. The lowest BCUT2D eigenvalue weighted by Gasteiger charge is -2.61. The Balaban J connectivity index is 1.51. The number of esters is 1. The van der Waals surface area contributed by atoms with Gasteiger partial charge in [-0.15, -0.1) is 0 Å². The lowest BCUT2D eigenvalue weighted by molar-refractivity contribution is -0.157. The van der Waals surface area contributed by atoms with Crippen LogP contribution in [0.1, 0.15) is 77.8 Å². The van der Waals surface area contributed by atoms with Gasteiger partial charge in [-0.3, -0.25) is 9.59 Å². The van der Waals surface area contributed by atoms with E-state index in [9.17, 15) is 14.7 Å². The van der Waals surface area contributed by atoms with Crippen molar-refractivity contribution in [3.63, 3.8) is 0 Å². The van der Waals surface area contributed by atoms with E-state index in [4.69, 9.17) is 4.74 Å². The van der Waals surface area contributed by atoms with Crippen molar-refractivity contribution in [2.45, 2.75) is 90.7 Å². The maximum Gasteiger partial charge on any atom is 0.309 e. The fourth-order valence-electron chi connectivity index (χ4n) is 6.33. The second-order valence-electron chi connectivity index (χ2n) is 10.9. The van der Waals surface area contributed by atoms with E-state index in [0.29, 0.717) is 12.2 Å².